The average molecular weight is 300 g/mol. The fourth-order valence-electron chi connectivity index (χ4n) is 0.400. The standard InChI is InChI=1S/C6H16N2.Cd.2ClH/c1-7(2)5-6-8(3)4;;;/h5-6H2,1-4H3;;2*1H/q;+2;;/p-2. The summed E-state index contributed by atoms with van der Waals surface area (Å²) < 4.78 is 0. The topological polar surface area (TPSA) is 6.48 Å². The summed E-state index contributed by atoms with van der Waals surface area (Å²) in [5.74, 6) is 0. The Hall–Kier alpha value is 1.42. The summed E-state index contributed by atoms with van der Waals surface area (Å²) in [6, 6.07) is 0. The van der Waals surface area contributed by atoms with Crippen molar-refractivity contribution in [3.05, 3.63) is 0 Å². The van der Waals surface area contributed by atoms with Gasteiger partial charge in [-0.15, -0.1) is 0 Å². The summed E-state index contributed by atoms with van der Waals surface area (Å²) in [7, 11) is 18.3. The number of likely N-dealkylation sites (N-methyl/N-ethyl adjacent to an activating group) is 2. The first-order chi connectivity index (χ1) is 5.04. The summed E-state index contributed by atoms with van der Waals surface area (Å²) in [6.07, 6.45) is 0. The molecule has 0 unspecified atom stereocenters. The van der Waals surface area contributed by atoms with Crippen LogP contribution in [0.4, 0.5) is 0 Å². The van der Waals surface area contributed by atoms with E-state index in [0.717, 1.165) is 13.1 Å². The first-order valence-electron chi connectivity index (χ1n) is 3.46. The van der Waals surface area contributed by atoms with Crippen molar-refractivity contribution in [2.45, 2.75) is 0 Å². The van der Waals surface area contributed by atoms with Crippen molar-refractivity contribution in [2.75, 3.05) is 41.3 Å². The molecule has 11 heavy (non-hydrogen) atoms. The van der Waals surface area contributed by atoms with Crippen molar-refractivity contribution in [1.82, 2.24) is 9.80 Å². The van der Waals surface area contributed by atoms with E-state index in [-0.39, 0.29) is 0 Å². The van der Waals surface area contributed by atoms with Gasteiger partial charge in [-0.2, -0.15) is 0 Å². The third-order valence-electron chi connectivity index (χ3n) is 0.994. The number of halogens is 2. The van der Waals surface area contributed by atoms with Gasteiger partial charge in [0.2, 0.25) is 0 Å². The zero-order chi connectivity index (χ0) is 9.28. The average Bonchev–Trinajstić information content (AvgIpc) is 1.85. The Morgan fingerprint density at radius 3 is 1.18 bits per heavy atom. The van der Waals surface area contributed by atoms with Crippen molar-refractivity contribution >= 4 is 16.6 Å². The molecule has 0 aliphatic heterocycles. The molecule has 0 atom stereocenters. The molecular weight excluding hydrogens is 283 g/mol. The van der Waals surface area contributed by atoms with E-state index in [1.54, 1.807) is 0 Å². The molecule has 0 aromatic rings. The number of nitrogens with zero attached hydrogens (tertiary/aromatic N) is 2. The van der Waals surface area contributed by atoms with Crippen molar-refractivity contribution < 1.29 is 21.8 Å². The second-order valence-electron chi connectivity index (χ2n) is 2.71. The van der Waals surface area contributed by atoms with Gasteiger partial charge < -0.3 is 9.80 Å². The second-order valence-corrected chi connectivity index (χ2v) is 8.71. The maximum atomic E-state index is 4.97. The molecule has 0 aliphatic rings. The van der Waals surface area contributed by atoms with E-state index in [0.29, 0.717) is 0 Å². The molecule has 0 radical (unpaired) electrons. The Morgan fingerprint density at radius 1 is 0.909 bits per heavy atom. The van der Waals surface area contributed by atoms with Crippen LogP contribution in [0.3, 0.4) is 0 Å². The van der Waals surface area contributed by atoms with Crippen LogP contribution in [-0.4, -0.2) is 51.1 Å². The zero-order valence-electron chi connectivity index (χ0n) is 7.77. The summed E-state index contributed by atoms with van der Waals surface area (Å²) >= 11 is -1.07. The summed E-state index contributed by atoms with van der Waals surface area (Å²) in [5, 5.41) is 0. The zero-order valence-corrected chi connectivity index (χ0v) is 13.3. The SMILES string of the molecule is CN(C)CCN(C)C.[Cl][Cd][Cl]. The monoisotopic (exact) mass is 300 g/mol. The number of rotatable bonds is 3. The first-order valence-corrected chi connectivity index (χ1v) is 13.7. The van der Waals surface area contributed by atoms with Crippen LogP contribution in [-0.2, 0) is 21.8 Å². The molecule has 0 fully saturated rings. The van der Waals surface area contributed by atoms with Gasteiger partial charge in [0.25, 0.3) is 0 Å². The summed E-state index contributed by atoms with van der Waals surface area (Å²) in [6.45, 7) is 2.29. The van der Waals surface area contributed by atoms with Gasteiger partial charge in [0.05, 0.1) is 0 Å². The van der Waals surface area contributed by atoms with Crippen LogP contribution in [0.25, 0.3) is 0 Å². The van der Waals surface area contributed by atoms with E-state index in [2.05, 4.69) is 38.0 Å². The molecule has 0 spiro atoms. The van der Waals surface area contributed by atoms with E-state index in [1.165, 1.54) is 0 Å². The summed E-state index contributed by atoms with van der Waals surface area (Å²) in [5.41, 5.74) is 0. The Balaban J connectivity index is 0. The summed E-state index contributed by atoms with van der Waals surface area (Å²) in [4.78, 5) is 4.36. The van der Waals surface area contributed by atoms with Crippen LogP contribution in [0.5, 0.6) is 0 Å². The minimum atomic E-state index is -1.07. The molecule has 0 saturated carbocycles. The molecule has 0 aromatic carbocycles. The van der Waals surface area contributed by atoms with Gasteiger partial charge in [-0.1, -0.05) is 0 Å². The quantitative estimate of drug-likeness (QED) is 0.729. The molecular formula is C6H16CdCl2N2. The van der Waals surface area contributed by atoms with Gasteiger partial charge in [0.15, 0.2) is 0 Å². The fourth-order valence-corrected chi connectivity index (χ4v) is 0.400. The van der Waals surface area contributed by atoms with Crippen molar-refractivity contribution in [3.63, 3.8) is 0 Å². The molecule has 2 nitrogen and oxygen atoms in total. The van der Waals surface area contributed by atoms with Gasteiger partial charge in [0.1, 0.15) is 0 Å². The third-order valence-corrected chi connectivity index (χ3v) is 0.994. The molecule has 0 aromatic heterocycles. The molecule has 66 valence electrons. The van der Waals surface area contributed by atoms with E-state index < -0.39 is 21.8 Å². The van der Waals surface area contributed by atoms with E-state index in [4.69, 9.17) is 16.6 Å². The van der Waals surface area contributed by atoms with Crippen LogP contribution in [0.2, 0.25) is 0 Å². The number of hydrogen-bond donors (Lipinski definition) is 0. The van der Waals surface area contributed by atoms with Crippen LogP contribution >= 0.6 is 16.6 Å². The molecule has 0 N–H and O–H groups in total. The van der Waals surface area contributed by atoms with Gasteiger partial charge in [-0.3, -0.25) is 0 Å². The van der Waals surface area contributed by atoms with Gasteiger partial charge in [-0.25, -0.2) is 0 Å². The van der Waals surface area contributed by atoms with Crippen LogP contribution in [0.15, 0.2) is 0 Å². The predicted molar refractivity (Wildman–Crippen MR) is 48.8 cm³/mol. The van der Waals surface area contributed by atoms with E-state index >= 15 is 0 Å². The van der Waals surface area contributed by atoms with Crippen LogP contribution in [0.1, 0.15) is 0 Å². The predicted octanol–water partition coefficient (Wildman–Crippen LogP) is 1.49. The Labute approximate surface area is 89.0 Å². The minimum absolute atomic E-state index is 1.07. The molecule has 0 rings (SSSR count). The Bertz CT molecular complexity index is 63.6. The second kappa shape index (κ2) is 11.4. The first kappa shape index (κ1) is 14.9. The normalized spacial score (nSPS) is 9.09. The Kier molecular flexibility index (Phi) is 15.5. The van der Waals surface area contributed by atoms with E-state index in [1.807, 2.05) is 0 Å². The van der Waals surface area contributed by atoms with Crippen molar-refractivity contribution in [2.24, 2.45) is 0 Å². The van der Waals surface area contributed by atoms with Crippen LogP contribution < -0.4 is 0 Å². The number of hydrogen-bond acceptors (Lipinski definition) is 2. The Morgan fingerprint density at radius 2 is 1.09 bits per heavy atom. The molecule has 0 aliphatic carbocycles. The third kappa shape index (κ3) is 24.6. The molecule has 5 heteroatoms. The molecule has 0 heterocycles. The van der Waals surface area contributed by atoms with Crippen molar-refractivity contribution in [1.29, 1.82) is 0 Å². The van der Waals surface area contributed by atoms with Crippen LogP contribution in [0, 0.1) is 0 Å². The molecule has 0 saturated heterocycles. The fraction of sp³-hybridized carbons (Fsp3) is 1.00. The maximum absolute atomic E-state index is 4.97. The van der Waals surface area contributed by atoms with Gasteiger partial charge in [-0.05, 0) is 28.2 Å². The van der Waals surface area contributed by atoms with E-state index in [9.17, 15) is 0 Å². The van der Waals surface area contributed by atoms with Gasteiger partial charge in [0, 0.05) is 13.1 Å². The molecule has 0 bridgehead atoms. The molecule has 0 amide bonds. The van der Waals surface area contributed by atoms with Crippen molar-refractivity contribution in [3.8, 4) is 0 Å². The van der Waals surface area contributed by atoms with Gasteiger partial charge >= 0.3 is 38.4 Å².